The Morgan fingerprint density at radius 1 is 1.23 bits per heavy atom. The first-order chi connectivity index (χ1) is 18.1. The molecule has 2 aromatic heterocycles. The van der Waals surface area contributed by atoms with Crippen LogP contribution < -0.4 is 5.32 Å². The molecule has 0 radical (unpaired) electrons. The number of fused-ring (bicyclic) bond motifs is 1. The minimum atomic E-state index is -3.07. The summed E-state index contributed by atoms with van der Waals surface area (Å²) >= 11 is 4.63. The third-order valence-corrected chi connectivity index (χ3v) is 6.74. The van der Waals surface area contributed by atoms with Crippen LogP contribution in [0, 0.1) is 18.6 Å². The molecule has 0 bridgehead atoms. The van der Waals surface area contributed by atoms with Crippen molar-refractivity contribution in [2.45, 2.75) is 71.1 Å². The summed E-state index contributed by atoms with van der Waals surface area (Å²) in [5, 5.41) is 7.13. The standard InChI is InChI=1S/C28H34F4N6S/c1-15(2)33-24-17(5)10-18(11-19(24)29)23-20(30)13-38-25(23)21(12-27(6,7)39)34-26(36-38)35-22-8-9-37(16(3)4)14-28(22,31)32/h10-11,13,22,39H,3,8-9,12,14H2,1-2,4-7H3,(H,35,36). The van der Waals surface area contributed by atoms with E-state index in [0.29, 0.717) is 40.3 Å². The topological polar surface area (TPSA) is 57.8 Å². The first-order valence-corrected chi connectivity index (χ1v) is 13.2. The molecule has 3 aromatic rings. The second-order valence-electron chi connectivity index (χ2n) is 11.1. The van der Waals surface area contributed by atoms with Crippen LogP contribution in [0.5, 0.6) is 0 Å². The second-order valence-corrected chi connectivity index (χ2v) is 12.3. The molecular formula is C28H34F4N6S. The number of aryl methyl sites for hydroxylation is 1. The van der Waals surface area contributed by atoms with E-state index in [2.05, 4.69) is 39.6 Å². The molecule has 1 aliphatic heterocycles. The van der Waals surface area contributed by atoms with Crippen LogP contribution in [0.2, 0.25) is 0 Å². The molecule has 1 fully saturated rings. The number of hydrogen-bond donors (Lipinski definition) is 2. The molecule has 3 heterocycles. The van der Waals surface area contributed by atoms with Crippen LogP contribution in [0.1, 0.15) is 52.3 Å². The van der Waals surface area contributed by atoms with Gasteiger partial charge in [-0.15, -0.1) is 5.10 Å². The van der Waals surface area contributed by atoms with Gasteiger partial charge in [-0.3, -0.25) is 4.99 Å². The third kappa shape index (κ3) is 6.23. The lowest BCUT2D eigenvalue weighted by Crippen LogP contribution is -2.54. The van der Waals surface area contributed by atoms with Crippen LogP contribution in [0.4, 0.5) is 29.2 Å². The lowest BCUT2D eigenvalue weighted by molar-refractivity contribution is -0.0653. The molecule has 1 unspecified atom stereocenters. The van der Waals surface area contributed by atoms with Crippen LogP contribution in [0.3, 0.4) is 0 Å². The van der Waals surface area contributed by atoms with Gasteiger partial charge >= 0.3 is 0 Å². The maximum absolute atomic E-state index is 15.5. The number of piperidine rings is 1. The number of alkyl halides is 2. The van der Waals surface area contributed by atoms with E-state index < -0.39 is 34.9 Å². The van der Waals surface area contributed by atoms with Crippen LogP contribution in [-0.2, 0) is 6.42 Å². The number of aliphatic imine (C=N–C) groups is 1. The fraction of sp³-hybridized carbons (Fsp3) is 0.464. The molecule has 1 aliphatic rings. The third-order valence-electron chi connectivity index (χ3n) is 6.58. The number of hydrogen-bond acceptors (Lipinski definition) is 6. The molecule has 4 rings (SSSR count). The number of nitrogens with zero attached hydrogens (tertiary/aromatic N) is 5. The fourth-order valence-electron chi connectivity index (χ4n) is 4.84. The van der Waals surface area contributed by atoms with Gasteiger partial charge in [-0.05, 0) is 57.4 Å². The predicted octanol–water partition coefficient (Wildman–Crippen LogP) is 7.00. The quantitative estimate of drug-likeness (QED) is 0.185. The molecular weight excluding hydrogens is 528 g/mol. The monoisotopic (exact) mass is 562 g/mol. The first kappa shape index (κ1) is 28.9. The highest BCUT2D eigenvalue weighted by atomic mass is 32.1. The van der Waals surface area contributed by atoms with E-state index in [1.54, 1.807) is 38.7 Å². The molecule has 39 heavy (non-hydrogen) atoms. The highest BCUT2D eigenvalue weighted by Crippen LogP contribution is 2.37. The molecule has 0 aliphatic carbocycles. The van der Waals surface area contributed by atoms with Crippen LogP contribution >= 0.6 is 12.6 Å². The van der Waals surface area contributed by atoms with E-state index in [0.717, 1.165) is 6.20 Å². The van der Waals surface area contributed by atoms with E-state index in [4.69, 9.17) is 0 Å². The normalized spacial score (nSPS) is 17.4. The molecule has 1 atom stereocenters. The Kier molecular flexibility index (Phi) is 7.77. The maximum Gasteiger partial charge on any atom is 0.284 e. The van der Waals surface area contributed by atoms with Gasteiger partial charge in [0.05, 0.1) is 30.0 Å². The fourth-order valence-corrected chi connectivity index (χ4v) is 4.99. The minimum absolute atomic E-state index is 0.0458. The van der Waals surface area contributed by atoms with Gasteiger partial charge in [0, 0.05) is 34.7 Å². The molecule has 0 spiro atoms. The Hall–Kier alpha value is -3.08. The van der Waals surface area contributed by atoms with Gasteiger partial charge < -0.3 is 10.2 Å². The van der Waals surface area contributed by atoms with Crippen LogP contribution in [0.15, 0.2) is 35.6 Å². The number of nitrogens with one attached hydrogen (secondary N) is 1. The zero-order chi connectivity index (χ0) is 28.9. The number of rotatable bonds is 7. The Balaban J connectivity index is 1.82. The smallest absolute Gasteiger partial charge is 0.284 e. The summed E-state index contributed by atoms with van der Waals surface area (Å²) in [4.78, 5) is 10.4. The SMILES string of the molecule is C=C(C)N1CCC(Nc2nc(CC(C)(C)S)c3c(-c4cc(C)c(N=C(C)C)c(F)c4)c(F)cn3n2)C(F)(F)C1. The summed E-state index contributed by atoms with van der Waals surface area (Å²) in [5.41, 5.74) is 3.16. The van der Waals surface area contributed by atoms with Crippen LogP contribution in [-0.4, -0.2) is 55.0 Å². The van der Waals surface area contributed by atoms with Crippen molar-refractivity contribution in [3.8, 4) is 11.1 Å². The number of anilines is 1. The highest BCUT2D eigenvalue weighted by Gasteiger charge is 2.45. The van der Waals surface area contributed by atoms with Crippen molar-refractivity contribution in [2.24, 2.45) is 4.99 Å². The van der Waals surface area contributed by atoms with E-state index in [-0.39, 0.29) is 30.0 Å². The molecule has 6 nitrogen and oxygen atoms in total. The van der Waals surface area contributed by atoms with Crippen molar-refractivity contribution in [1.29, 1.82) is 0 Å². The molecule has 1 N–H and O–H groups in total. The summed E-state index contributed by atoms with van der Waals surface area (Å²) in [6.45, 7) is 14.4. The summed E-state index contributed by atoms with van der Waals surface area (Å²) in [6, 6.07) is 1.69. The van der Waals surface area contributed by atoms with Crippen molar-refractivity contribution in [3.63, 3.8) is 0 Å². The molecule has 1 saturated heterocycles. The van der Waals surface area contributed by atoms with Gasteiger partial charge in [-0.1, -0.05) is 20.4 Å². The van der Waals surface area contributed by atoms with Crippen molar-refractivity contribution < 1.29 is 17.6 Å². The summed E-state index contributed by atoms with van der Waals surface area (Å²) in [6.07, 6.45) is 1.57. The lowest BCUT2D eigenvalue weighted by Gasteiger charge is -2.39. The highest BCUT2D eigenvalue weighted by molar-refractivity contribution is 7.81. The Labute approximate surface area is 231 Å². The van der Waals surface area contributed by atoms with Gasteiger partial charge in [0.25, 0.3) is 5.92 Å². The number of aromatic nitrogens is 3. The maximum atomic E-state index is 15.5. The van der Waals surface area contributed by atoms with Gasteiger partial charge in [-0.25, -0.2) is 27.1 Å². The minimum Gasteiger partial charge on any atom is -0.369 e. The predicted molar refractivity (Wildman–Crippen MR) is 152 cm³/mol. The first-order valence-electron chi connectivity index (χ1n) is 12.7. The Morgan fingerprint density at radius 3 is 2.49 bits per heavy atom. The van der Waals surface area contributed by atoms with E-state index in [1.165, 1.54) is 10.6 Å². The zero-order valence-electron chi connectivity index (χ0n) is 23.0. The largest absolute Gasteiger partial charge is 0.369 e. The van der Waals surface area contributed by atoms with Crippen molar-refractivity contribution >= 4 is 35.5 Å². The molecule has 11 heteroatoms. The van der Waals surface area contributed by atoms with Crippen molar-refractivity contribution in [3.05, 3.63) is 53.5 Å². The Bertz CT molecular complexity index is 1430. The summed E-state index contributed by atoms with van der Waals surface area (Å²) in [7, 11) is 0. The summed E-state index contributed by atoms with van der Waals surface area (Å²) in [5.74, 6) is -4.33. The second kappa shape index (κ2) is 10.5. The van der Waals surface area contributed by atoms with Crippen molar-refractivity contribution in [2.75, 3.05) is 18.4 Å². The van der Waals surface area contributed by atoms with Gasteiger partial charge in [-0.2, -0.15) is 12.6 Å². The van der Waals surface area contributed by atoms with Gasteiger partial charge in [0.15, 0.2) is 5.82 Å². The number of allylic oxidation sites excluding steroid dienone is 1. The van der Waals surface area contributed by atoms with Gasteiger partial charge in [0.2, 0.25) is 5.95 Å². The van der Waals surface area contributed by atoms with Crippen molar-refractivity contribution in [1.82, 2.24) is 19.5 Å². The molecule has 0 amide bonds. The average molecular weight is 563 g/mol. The lowest BCUT2D eigenvalue weighted by atomic mass is 9.99. The van der Waals surface area contributed by atoms with E-state index in [9.17, 15) is 0 Å². The number of benzene rings is 1. The molecule has 210 valence electrons. The summed E-state index contributed by atoms with van der Waals surface area (Å²) < 4.78 is 61.3. The zero-order valence-corrected chi connectivity index (χ0v) is 23.9. The molecule has 0 saturated carbocycles. The Morgan fingerprint density at radius 2 is 1.92 bits per heavy atom. The van der Waals surface area contributed by atoms with Gasteiger partial charge in [0.1, 0.15) is 11.5 Å². The number of thiol groups is 1. The number of halogens is 4. The van der Waals surface area contributed by atoms with E-state index >= 15 is 17.6 Å². The number of likely N-dealkylation sites (tertiary alicyclic amines) is 1. The molecule has 1 aromatic carbocycles. The van der Waals surface area contributed by atoms with E-state index in [1.807, 2.05) is 13.8 Å². The average Bonchev–Trinajstić information content (AvgIpc) is 3.12. The van der Waals surface area contributed by atoms with Crippen LogP contribution in [0.25, 0.3) is 16.6 Å².